The summed E-state index contributed by atoms with van der Waals surface area (Å²) in [6.07, 6.45) is 5.07. The molecule has 0 spiro atoms. The number of aliphatic hydroxyl groups excluding tert-OH is 1. The Morgan fingerprint density at radius 3 is 2.72 bits per heavy atom. The summed E-state index contributed by atoms with van der Waals surface area (Å²) in [6.45, 7) is 2.42. The molecule has 0 fully saturated rings. The van der Waals surface area contributed by atoms with Crippen molar-refractivity contribution in [3.63, 3.8) is 0 Å². The molecule has 7 heteroatoms. The Balaban J connectivity index is 1.90. The molecule has 128 valence electrons. The summed E-state index contributed by atoms with van der Waals surface area (Å²) in [4.78, 5) is 16.4. The number of nitrogens with one attached hydrogen (secondary N) is 1. The second kappa shape index (κ2) is 7.12. The SMILES string of the molecule is CCc1cc(C(=O)C=C(O)c2nc[nH]n2)n(Cc2ccc(F)cc2)c1. The van der Waals surface area contributed by atoms with E-state index in [-0.39, 0.29) is 23.2 Å². The first kappa shape index (κ1) is 16.6. The number of benzene rings is 1. The Morgan fingerprint density at radius 1 is 1.32 bits per heavy atom. The highest BCUT2D eigenvalue weighted by molar-refractivity contribution is 6.06. The van der Waals surface area contributed by atoms with Crippen molar-refractivity contribution in [2.75, 3.05) is 0 Å². The van der Waals surface area contributed by atoms with E-state index in [1.807, 2.05) is 13.1 Å². The van der Waals surface area contributed by atoms with Crippen molar-refractivity contribution < 1.29 is 14.3 Å². The first-order chi connectivity index (χ1) is 12.1. The predicted octanol–water partition coefficient (Wildman–Crippen LogP) is 3.14. The van der Waals surface area contributed by atoms with Crippen LogP contribution in [-0.4, -0.2) is 30.6 Å². The van der Waals surface area contributed by atoms with E-state index in [0.29, 0.717) is 12.2 Å². The van der Waals surface area contributed by atoms with Gasteiger partial charge in [-0.05, 0) is 35.7 Å². The van der Waals surface area contributed by atoms with Crippen LogP contribution in [0.15, 0.2) is 48.9 Å². The molecular formula is C18H17FN4O2. The van der Waals surface area contributed by atoms with Gasteiger partial charge in [-0.15, -0.1) is 0 Å². The number of aromatic nitrogens is 4. The maximum absolute atomic E-state index is 13.1. The number of aryl methyl sites for hydroxylation is 1. The molecule has 0 radical (unpaired) electrons. The van der Waals surface area contributed by atoms with Crippen molar-refractivity contribution in [2.24, 2.45) is 0 Å². The van der Waals surface area contributed by atoms with Gasteiger partial charge in [0, 0.05) is 18.8 Å². The quantitative estimate of drug-likeness (QED) is 0.410. The molecule has 3 rings (SSSR count). The zero-order chi connectivity index (χ0) is 17.8. The molecule has 2 aromatic heterocycles. The number of carbonyl (C=O) groups is 1. The molecule has 0 aliphatic heterocycles. The Morgan fingerprint density at radius 2 is 2.08 bits per heavy atom. The summed E-state index contributed by atoms with van der Waals surface area (Å²) in [5.74, 6) is -0.912. The van der Waals surface area contributed by atoms with E-state index >= 15 is 0 Å². The lowest BCUT2D eigenvalue weighted by Crippen LogP contribution is -2.08. The minimum atomic E-state index is -0.357. The lowest BCUT2D eigenvalue weighted by molar-refractivity contribution is 0.103. The van der Waals surface area contributed by atoms with E-state index in [1.165, 1.54) is 18.5 Å². The molecule has 0 atom stereocenters. The van der Waals surface area contributed by atoms with E-state index < -0.39 is 0 Å². The van der Waals surface area contributed by atoms with Crippen LogP contribution >= 0.6 is 0 Å². The van der Waals surface area contributed by atoms with Crippen molar-refractivity contribution in [2.45, 2.75) is 19.9 Å². The highest BCUT2D eigenvalue weighted by Crippen LogP contribution is 2.16. The van der Waals surface area contributed by atoms with E-state index in [0.717, 1.165) is 23.6 Å². The van der Waals surface area contributed by atoms with Crippen LogP contribution in [0.25, 0.3) is 5.76 Å². The molecule has 0 amide bonds. The fourth-order valence-electron chi connectivity index (χ4n) is 2.48. The molecular weight excluding hydrogens is 323 g/mol. The summed E-state index contributed by atoms with van der Waals surface area (Å²) in [7, 11) is 0. The second-order valence-electron chi connectivity index (χ2n) is 5.56. The summed E-state index contributed by atoms with van der Waals surface area (Å²) >= 11 is 0. The Labute approximate surface area is 143 Å². The number of nitrogens with zero attached hydrogens (tertiary/aromatic N) is 3. The Kier molecular flexibility index (Phi) is 4.74. The van der Waals surface area contributed by atoms with Crippen molar-refractivity contribution in [3.05, 3.63) is 77.4 Å². The fourth-order valence-corrected chi connectivity index (χ4v) is 2.48. The number of halogens is 1. The molecule has 2 heterocycles. The number of hydrogen-bond donors (Lipinski definition) is 2. The van der Waals surface area contributed by atoms with Gasteiger partial charge in [-0.3, -0.25) is 9.89 Å². The summed E-state index contributed by atoms with van der Waals surface area (Å²) in [5.41, 5.74) is 2.30. The highest BCUT2D eigenvalue weighted by atomic mass is 19.1. The third-order valence-electron chi connectivity index (χ3n) is 3.79. The first-order valence-corrected chi connectivity index (χ1v) is 7.81. The highest BCUT2D eigenvalue weighted by Gasteiger charge is 2.14. The van der Waals surface area contributed by atoms with Gasteiger partial charge in [0.15, 0.2) is 5.76 Å². The van der Waals surface area contributed by atoms with Crippen LogP contribution in [0.5, 0.6) is 0 Å². The Bertz CT molecular complexity index is 896. The lowest BCUT2D eigenvalue weighted by atomic mass is 10.2. The number of carbonyl (C=O) groups excluding carboxylic acids is 1. The van der Waals surface area contributed by atoms with Crippen LogP contribution < -0.4 is 0 Å². The topological polar surface area (TPSA) is 83.8 Å². The van der Waals surface area contributed by atoms with E-state index in [9.17, 15) is 14.3 Å². The minimum absolute atomic E-state index is 0.0562. The molecule has 0 saturated heterocycles. The normalized spacial score (nSPS) is 11.7. The average molecular weight is 340 g/mol. The van der Waals surface area contributed by atoms with Gasteiger partial charge < -0.3 is 9.67 Å². The number of rotatable bonds is 6. The monoisotopic (exact) mass is 340 g/mol. The van der Waals surface area contributed by atoms with E-state index in [4.69, 9.17) is 0 Å². The van der Waals surface area contributed by atoms with Crippen LogP contribution in [0.2, 0.25) is 0 Å². The predicted molar refractivity (Wildman–Crippen MR) is 90.6 cm³/mol. The zero-order valence-corrected chi connectivity index (χ0v) is 13.6. The average Bonchev–Trinajstić information content (AvgIpc) is 3.26. The molecule has 0 aliphatic rings. The number of aromatic amines is 1. The molecule has 6 nitrogen and oxygen atoms in total. The molecule has 0 bridgehead atoms. The standard InChI is InChI=1S/C18H17FN4O2/c1-2-12-7-15(16(24)8-17(25)18-20-11-21-22-18)23(9-12)10-13-3-5-14(19)6-4-13/h3-9,11,25H,2,10H2,1H3,(H,20,21,22). The molecule has 2 N–H and O–H groups in total. The zero-order valence-electron chi connectivity index (χ0n) is 13.6. The third-order valence-corrected chi connectivity index (χ3v) is 3.79. The van der Waals surface area contributed by atoms with Gasteiger partial charge in [0.05, 0.1) is 5.69 Å². The number of ketones is 1. The van der Waals surface area contributed by atoms with Crippen molar-refractivity contribution in [1.82, 2.24) is 19.7 Å². The van der Waals surface area contributed by atoms with E-state index in [1.54, 1.807) is 22.8 Å². The molecule has 0 saturated carbocycles. The number of H-pyrrole nitrogens is 1. The smallest absolute Gasteiger partial charge is 0.215 e. The molecule has 0 unspecified atom stereocenters. The van der Waals surface area contributed by atoms with Crippen molar-refractivity contribution in [3.8, 4) is 0 Å². The van der Waals surface area contributed by atoms with Crippen LogP contribution in [0, 0.1) is 5.82 Å². The van der Waals surface area contributed by atoms with Gasteiger partial charge in [0.25, 0.3) is 0 Å². The summed E-state index contributed by atoms with van der Waals surface area (Å²) in [5, 5.41) is 16.2. The van der Waals surface area contributed by atoms with Crippen LogP contribution in [0.4, 0.5) is 4.39 Å². The van der Waals surface area contributed by atoms with Gasteiger partial charge in [-0.25, -0.2) is 9.37 Å². The largest absolute Gasteiger partial charge is 0.504 e. The number of aliphatic hydroxyl groups is 1. The first-order valence-electron chi connectivity index (χ1n) is 7.81. The fraction of sp³-hybridized carbons (Fsp3) is 0.167. The summed E-state index contributed by atoms with van der Waals surface area (Å²) in [6, 6.07) is 7.91. The van der Waals surface area contributed by atoms with Gasteiger partial charge >= 0.3 is 0 Å². The summed E-state index contributed by atoms with van der Waals surface area (Å²) < 4.78 is 14.8. The van der Waals surface area contributed by atoms with Gasteiger partial charge in [-0.2, -0.15) is 5.10 Å². The number of hydrogen-bond acceptors (Lipinski definition) is 4. The number of allylic oxidation sites excluding steroid dienone is 1. The maximum Gasteiger partial charge on any atom is 0.215 e. The van der Waals surface area contributed by atoms with Crippen LogP contribution in [-0.2, 0) is 13.0 Å². The van der Waals surface area contributed by atoms with Gasteiger partial charge in [0.2, 0.25) is 11.6 Å². The second-order valence-corrected chi connectivity index (χ2v) is 5.56. The third kappa shape index (κ3) is 3.82. The molecule has 25 heavy (non-hydrogen) atoms. The van der Waals surface area contributed by atoms with E-state index in [2.05, 4.69) is 15.2 Å². The molecule has 0 aliphatic carbocycles. The molecule has 1 aromatic carbocycles. The van der Waals surface area contributed by atoms with Gasteiger partial charge in [0.1, 0.15) is 12.1 Å². The minimum Gasteiger partial charge on any atom is -0.504 e. The van der Waals surface area contributed by atoms with Crippen LogP contribution in [0.1, 0.15) is 34.4 Å². The van der Waals surface area contributed by atoms with Crippen molar-refractivity contribution >= 4 is 11.5 Å². The Hall–Kier alpha value is -3.22. The lowest BCUT2D eigenvalue weighted by Gasteiger charge is -2.07. The van der Waals surface area contributed by atoms with Gasteiger partial charge in [-0.1, -0.05) is 19.1 Å². The maximum atomic E-state index is 13.1. The van der Waals surface area contributed by atoms with Crippen LogP contribution in [0.3, 0.4) is 0 Å². The molecule has 3 aromatic rings. The van der Waals surface area contributed by atoms with Crippen molar-refractivity contribution in [1.29, 1.82) is 0 Å².